The van der Waals surface area contributed by atoms with Crippen molar-refractivity contribution in [1.29, 1.82) is 0 Å². The average Bonchev–Trinajstić information content (AvgIpc) is 2.55. The van der Waals surface area contributed by atoms with E-state index in [9.17, 15) is 4.79 Å². The van der Waals surface area contributed by atoms with Crippen molar-refractivity contribution in [2.24, 2.45) is 0 Å². The molecule has 0 bridgehead atoms. The largest absolute Gasteiger partial charge is 0.479 e. The van der Waals surface area contributed by atoms with E-state index in [0.717, 1.165) is 6.29 Å². The van der Waals surface area contributed by atoms with Crippen LogP contribution in [-0.2, 0) is 0 Å². The van der Waals surface area contributed by atoms with Crippen LogP contribution < -0.4 is 4.74 Å². The summed E-state index contributed by atoms with van der Waals surface area (Å²) in [7, 11) is 1.49. The van der Waals surface area contributed by atoms with E-state index in [4.69, 9.17) is 4.74 Å². The SMILES string of the molecule is COc1nc2ccccn2c1C=O. The third-order valence-electron chi connectivity index (χ3n) is 1.84. The number of carbonyl (C=O) groups excluding carboxylic acids is 1. The van der Waals surface area contributed by atoms with Gasteiger partial charge in [-0.3, -0.25) is 9.20 Å². The first kappa shape index (κ1) is 7.79. The average molecular weight is 176 g/mol. The molecule has 0 atom stereocenters. The van der Waals surface area contributed by atoms with Gasteiger partial charge in [-0.25, -0.2) is 0 Å². The van der Waals surface area contributed by atoms with E-state index in [2.05, 4.69) is 4.98 Å². The lowest BCUT2D eigenvalue weighted by atomic mass is 10.4. The Labute approximate surface area is 74.8 Å². The quantitative estimate of drug-likeness (QED) is 0.645. The summed E-state index contributed by atoms with van der Waals surface area (Å²) in [6.45, 7) is 0. The number of hydrogen-bond acceptors (Lipinski definition) is 3. The molecule has 0 spiro atoms. The summed E-state index contributed by atoms with van der Waals surface area (Å²) in [5.41, 5.74) is 1.15. The predicted molar refractivity (Wildman–Crippen MR) is 47.1 cm³/mol. The van der Waals surface area contributed by atoms with Gasteiger partial charge >= 0.3 is 0 Å². The molecule has 0 radical (unpaired) electrons. The third-order valence-corrected chi connectivity index (χ3v) is 1.84. The maximum atomic E-state index is 10.7. The van der Waals surface area contributed by atoms with Gasteiger partial charge in [-0.1, -0.05) is 6.07 Å². The minimum atomic E-state index is 0.362. The van der Waals surface area contributed by atoms with Gasteiger partial charge < -0.3 is 4.74 Å². The molecule has 0 aromatic carbocycles. The van der Waals surface area contributed by atoms with Gasteiger partial charge in [0, 0.05) is 6.20 Å². The fourth-order valence-corrected chi connectivity index (χ4v) is 1.25. The monoisotopic (exact) mass is 176 g/mol. The van der Waals surface area contributed by atoms with Crippen molar-refractivity contribution in [3.63, 3.8) is 0 Å². The highest BCUT2D eigenvalue weighted by molar-refractivity contribution is 5.78. The lowest BCUT2D eigenvalue weighted by molar-refractivity contribution is 0.111. The zero-order valence-corrected chi connectivity index (χ0v) is 7.10. The second-order valence-corrected chi connectivity index (χ2v) is 2.55. The topological polar surface area (TPSA) is 43.6 Å². The van der Waals surface area contributed by atoms with Crippen LogP contribution in [-0.4, -0.2) is 22.8 Å². The van der Waals surface area contributed by atoms with Crippen molar-refractivity contribution in [2.45, 2.75) is 0 Å². The molecule has 2 aromatic heterocycles. The Bertz CT molecular complexity index is 448. The van der Waals surface area contributed by atoms with Crippen molar-refractivity contribution in [1.82, 2.24) is 9.38 Å². The summed E-state index contributed by atoms with van der Waals surface area (Å²) in [5, 5.41) is 0. The predicted octanol–water partition coefficient (Wildman–Crippen LogP) is 1.16. The molecule has 4 nitrogen and oxygen atoms in total. The molecule has 0 N–H and O–H groups in total. The second-order valence-electron chi connectivity index (χ2n) is 2.55. The number of aldehydes is 1. The fourth-order valence-electron chi connectivity index (χ4n) is 1.25. The van der Waals surface area contributed by atoms with Gasteiger partial charge in [0.05, 0.1) is 7.11 Å². The van der Waals surface area contributed by atoms with Crippen molar-refractivity contribution < 1.29 is 9.53 Å². The lowest BCUT2D eigenvalue weighted by Gasteiger charge is -1.93. The Kier molecular flexibility index (Phi) is 1.73. The van der Waals surface area contributed by atoms with Gasteiger partial charge in [0.2, 0.25) is 5.88 Å². The molecule has 2 aromatic rings. The minimum Gasteiger partial charge on any atom is -0.479 e. The Morgan fingerprint density at radius 3 is 3.08 bits per heavy atom. The van der Waals surface area contributed by atoms with Crippen LogP contribution in [0.4, 0.5) is 0 Å². The number of nitrogens with zero attached hydrogens (tertiary/aromatic N) is 2. The van der Waals surface area contributed by atoms with E-state index < -0.39 is 0 Å². The number of carbonyl (C=O) groups is 1. The summed E-state index contributed by atoms with van der Waals surface area (Å²) < 4.78 is 6.64. The number of hydrogen-bond donors (Lipinski definition) is 0. The molecule has 13 heavy (non-hydrogen) atoms. The molecule has 0 saturated heterocycles. The van der Waals surface area contributed by atoms with Crippen molar-refractivity contribution in [3.05, 3.63) is 30.1 Å². The molecule has 2 heterocycles. The van der Waals surface area contributed by atoms with E-state index in [1.807, 2.05) is 18.2 Å². The molecular weight excluding hydrogens is 168 g/mol. The highest BCUT2D eigenvalue weighted by Gasteiger charge is 2.09. The standard InChI is InChI=1S/C9H8N2O2/c1-13-9-7(6-12)11-5-3-2-4-8(11)10-9/h2-6H,1H3. The van der Waals surface area contributed by atoms with Crippen LogP contribution in [0.25, 0.3) is 5.65 Å². The fraction of sp³-hybridized carbons (Fsp3) is 0.111. The molecule has 0 unspecified atom stereocenters. The first-order valence-electron chi connectivity index (χ1n) is 3.83. The number of ether oxygens (including phenoxy) is 1. The maximum absolute atomic E-state index is 10.7. The zero-order chi connectivity index (χ0) is 9.26. The van der Waals surface area contributed by atoms with Gasteiger partial charge in [0.25, 0.3) is 0 Å². The maximum Gasteiger partial charge on any atom is 0.243 e. The van der Waals surface area contributed by atoms with Gasteiger partial charge in [-0.2, -0.15) is 4.98 Å². The van der Waals surface area contributed by atoms with Crippen molar-refractivity contribution >= 4 is 11.9 Å². The van der Waals surface area contributed by atoms with E-state index in [0.29, 0.717) is 17.2 Å². The Morgan fingerprint density at radius 1 is 1.54 bits per heavy atom. The van der Waals surface area contributed by atoms with E-state index in [1.54, 1.807) is 10.6 Å². The molecule has 2 rings (SSSR count). The van der Waals surface area contributed by atoms with Gasteiger partial charge in [-0.15, -0.1) is 0 Å². The molecule has 66 valence electrons. The molecule has 0 fully saturated rings. The molecule has 0 saturated carbocycles. The van der Waals surface area contributed by atoms with E-state index >= 15 is 0 Å². The zero-order valence-electron chi connectivity index (χ0n) is 7.10. The number of aromatic nitrogens is 2. The first-order valence-corrected chi connectivity index (χ1v) is 3.83. The number of methoxy groups -OCH3 is 1. The summed E-state index contributed by atoms with van der Waals surface area (Å²) in [6, 6.07) is 5.51. The molecular formula is C9H8N2O2. The van der Waals surface area contributed by atoms with Gasteiger partial charge in [0.1, 0.15) is 11.3 Å². The van der Waals surface area contributed by atoms with Gasteiger partial charge in [0.15, 0.2) is 6.29 Å². The highest BCUT2D eigenvalue weighted by Crippen LogP contribution is 2.16. The van der Waals surface area contributed by atoms with Gasteiger partial charge in [-0.05, 0) is 12.1 Å². The summed E-state index contributed by atoms with van der Waals surface area (Å²) in [5.74, 6) is 0.362. The van der Waals surface area contributed by atoms with E-state index in [-0.39, 0.29) is 0 Å². The third kappa shape index (κ3) is 1.07. The second kappa shape index (κ2) is 2.90. The minimum absolute atomic E-state index is 0.362. The van der Waals surface area contributed by atoms with Crippen LogP contribution in [0.2, 0.25) is 0 Å². The number of fused-ring (bicyclic) bond motifs is 1. The van der Waals surface area contributed by atoms with Crippen LogP contribution in [0.15, 0.2) is 24.4 Å². The smallest absolute Gasteiger partial charge is 0.243 e. The Hall–Kier alpha value is -1.84. The molecule has 4 heteroatoms. The first-order chi connectivity index (χ1) is 6.36. The lowest BCUT2D eigenvalue weighted by Crippen LogP contribution is -1.92. The van der Waals surface area contributed by atoms with Crippen LogP contribution >= 0.6 is 0 Å². The van der Waals surface area contributed by atoms with Crippen LogP contribution in [0.3, 0.4) is 0 Å². The number of rotatable bonds is 2. The highest BCUT2D eigenvalue weighted by atomic mass is 16.5. The number of imidazole rings is 1. The normalized spacial score (nSPS) is 10.2. The van der Waals surface area contributed by atoms with Crippen LogP contribution in [0.1, 0.15) is 10.5 Å². The van der Waals surface area contributed by atoms with E-state index in [1.165, 1.54) is 7.11 Å². The Morgan fingerprint density at radius 2 is 2.38 bits per heavy atom. The van der Waals surface area contributed by atoms with Crippen molar-refractivity contribution in [2.75, 3.05) is 7.11 Å². The Balaban J connectivity index is 2.81. The summed E-state index contributed by atoms with van der Waals surface area (Å²) in [6.07, 6.45) is 2.51. The molecule has 0 aliphatic rings. The summed E-state index contributed by atoms with van der Waals surface area (Å²) >= 11 is 0. The molecule has 0 amide bonds. The van der Waals surface area contributed by atoms with Crippen LogP contribution in [0.5, 0.6) is 5.88 Å². The van der Waals surface area contributed by atoms with Crippen molar-refractivity contribution in [3.8, 4) is 5.88 Å². The number of pyridine rings is 1. The molecule has 0 aliphatic heterocycles. The van der Waals surface area contributed by atoms with Crippen LogP contribution in [0, 0.1) is 0 Å². The summed E-state index contributed by atoms with van der Waals surface area (Å²) in [4.78, 5) is 14.8. The molecule has 0 aliphatic carbocycles.